The molecule has 1 aliphatic rings. The van der Waals surface area contributed by atoms with E-state index in [-0.39, 0.29) is 5.97 Å². The average Bonchev–Trinajstić information content (AvgIpc) is 3.07. The molecule has 0 amide bonds. The standard InChI is InChI=1S/C23H32O4/c1-3-5-7-11-15-26-22(24)20-17-18-13-9-10-14-19(18)21(20)23(25)27-16-12-8-6-4-2/h9-10,13-14,17,21H,3-8,11-12,15-16H2,1-2H3. The summed E-state index contributed by atoms with van der Waals surface area (Å²) in [5.74, 6) is -1.43. The number of hydrogen-bond donors (Lipinski definition) is 0. The number of carbonyl (C=O) groups is 2. The van der Waals surface area contributed by atoms with Crippen molar-refractivity contribution in [1.29, 1.82) is 0 Å². The Morgan fingerprint density at radius 3 is 2.15 bits per heavy atom. The van der Waals surface area contributed by atoms with Gasteiger partial charge in [-0.2, -0.15) is 0 Å². The molecule has 27 heavy (non-hydrogen) atoms. The second-order valence-electron chi connectivity index (χ2n) is 7.09. The van der Waals surface area contributed by atoms with Crippen molar-refractivity contribution in [2.24, 2.45) is 0 Å². The van der Waals surface area contributed by atoms with Crippen molar-refractivity contribution >= 4 is 18.0 Å². The molecule has 1 aromatic rings. The van der Waals surface area contributed by atoms with Gasteiger partial charge in [-0.3, -0.25) is 4.79 Å². The molecule has 4 nitrogen and oxygen atoms in total. The van der Waals surface area contributed by atoms with Crippen LogP contribution in [0.4, 0.5) is 0 Å². The molecule has 0 fully saturated rings. The number of fused-ring (bicyclic) bond motifs is 1. The molecule has 0 saturated heterocycles. The normalized spacial score (nSPS) is 15.2. The Balaban J connectivity index is 1.97. The van der Waals surface area contributed by atoms with E-state index in [0.29, 0.717) is 18.8 Å². The van der Waals surface area contributed by atoms with Gasteiger partial charge in [0, 0.05) is 0 Å². The summed E-state index contributed by atoms with van der Waals surface area (Å²) in [6.07, 6.45) is 10.1. The number of unbranched alkanes of at least 4 members (excludes halogenated alkanes) is 6. The zero-order chi connectivity index (χ0) is 19.5. The SMILES string of the molecule is CCCCCCOC(=O)C1=Cc2ccccc2C1C(=O)OCCCCCC. The highest BCUT2D eigenvalue weighted by molar-refractivity contribution is 6.05. The summed E-state index contributed by atoms with van der Waals surface area (Å²) in [6, 6.07) is 7.59. The first-order valence-corrected chi connectivity index (χ1v) is 10.3. The molecular weight excluding hydrogens is 340 g/mol. The van der Waals surface area contributed by atoms with E-state index >= 15 is 0 Å². The molecule has 148 valence electrons. The molecule has 0 spiro atoms. The minimum absolute atomic E-state index is 0.356. The Morgan fingerprint density at radius 2 is 1.48 bits per heavy atom. The molecule has 0 aliphatic heterocycles. The third-order valence-corrected chi connectivity index (χ3v) is 4.87. The molecule has 2 rings (SSSR count). The monoisotopic (exact) mass is 372 g/mol. The van der Waals surface area contributed by atoms with Crippen LogP contribution < -0.4 is 0 Å². The van der Waals surface area contributed by atoms with Crippen molar-refractivity contribution < 1.29 is 19.1 Å². The van der Waals surface area contributed by atoms with E-state index in [1.807, 2.05) is 24.3 Å². The second kappa shape index (κ2) is 11.6. The number of rotatable bonds is 12. The minimum atomic E-state index is -0.671. The van der Waals surface area contributed by atoms with Crippen LogP contribution in [0.3, 0.4) is 0 Å². The molecule has 0 heterocycles. The molecule has 4 heteroatoms. The predicted molar refractivity (Wildman–Crippen MR) is 107 cm³/mol. The van der Waals surface area contributed by atoms with E-state index in [2.05, 4.69) is 13.8 Å². The first kappa shape index (κ1) is 21.2. The molecule has 0 saturated carbocycles. The van der Waals surface area contributed by atoms with Gasteiger partial charge in [0.2, 0.25) is 0 Å². The van der Waals surface area contributed by atoms with Crippen LogP contribution in [-0.4, -0.2) is 25.2 Å². The summed E-state index contributed by atoms with van der Waals surface area (Å²) in [5.41, 5.74) is 2.11. The van der Waals surface area contributed by atoms with Crippen molar-refractivity contribution in [2.45, 2.75) is 71.1 Å². The highest BCUT2D eigenvalue weighted by atomic mass is 16.5. The maximum atomic E-state index is 12.7. The second-order valence-corrected chi connectivity index (χ2v) is 7.09. The van der Waals surface area contributed by atoms with Crippen LogP contribution in [0.1, 0.15) is 82.3 Å². The molecule has 1 atom stereocenters. The third kappa shape index (κ3) is 6.23. The highest BCUT2D eigenvalue weighted by Crippen LogP contribution is 2.37. The fraction of sp³-hybridized carbons (Fsp3) is 0.565. The van der Waals surface area contributed by atoms with Crippen LogP contribution in [-0.2, 0) is 19.1 Å². The van der Waals surface area contributed by atoms with Gasteiger partial charge in [0.1, 0.15) is 5.92 Å². The van der Waals surface area contributed by atoms with Crippen molar-refractivity contribution in [3.63, 3.8) is 0 Å². The van der Waals surface area contributed by atoms with Crippen LogP contribution in [0, 0.1) is 0 Å². The Hall–Kier alpha value is -2.10. The van der Waals surface area contributed by atoms with Gasteiger partial charge >= 0.3 is 11.9 Å². The summed E-state index contributed by atoms with van der Waals surface area (Å²) in [7, 11) is 0. The van der Waals surface area contributed by atoms with E-state index in [1.165, 1.54) is 0 Å². The van der Waals surface area contributed by atoms with Crippen molar-refractivity contribution in [1.82, 2.24) is 0 Å². The Bertz CT molecular complexity index is 648. The van der Waals surface area contributed by atoms with Crippen molar-refractivity contribution in [3.8, 4) is 0 Å². The van der Waals surface area contributed by atoms with Gasteiger partial charge in [-0.25, -0.2) is 4.79 Å². The van der Waals surface area contributed by atoms with Gasteiger partial charge in [0.25, 0.3) is 0 Å². The summed E-state index contributed by atoms with van der Waals surface area (Å²) in [4.78, 5) is 25.3. The number of benzene rings is 1. The maximum absolute atomic E-state index is 12.7. The van der Waals surface area contributed by atoms with E-state index in [1.54, 1.807) is 6.08 Å². The predicted octanol–water partition coefficient (Wildman–Crippen LogP) is 5.41. The molecule has 1 aromatic carbocycles. The van der Waals surface area contributed by atoms with Crippen molar-refractivity contribution in [3.05, 3.63) is 41.0 Å². The lowest BCUT2D eigenvalue weighted by atomic mass is 9.96. The smallest absolute Gasteiger partial charge is 0.335 e. The summed E-state index contributed by atoms with van der Waals surface area (Å²) < 4.78 is 10.9. The molecule has 0 N–H and O–H groups in total. The molecule has 0 radical (unpaired) electrons. The minimum Gasteiger partial charge on any atom is -0.465 e. The van der Waals surface area contributed by atoms with E-state index in [0.717, 1.165) is 62.5 Å². The zero-order valence-corrected chi connectivity index (χ0v) is 16.7. The molecular formula is C23H32O4. The molecule has 1 unspecified atom stereocenters. The molecule has 1 aliphatic carbocycles. The van der Waals surface area contributed by atoms with Crippen LogP contribution in [0.15, 0.2) is 29.8 Å². The Kier molecular flexibility index (Phi) is 9.09. The summed E-state index contributed by atoms with van der Waals surface area (Å²) in [5, 5.41) is 0. The van der Waals surface area contributed by atoms with Gasteiger partial charge < -0.3 is 9.47 Å². The van der Waals surface area contributed by atoms with E-state index in [9.17, 15) is 9.59 Å². The number of esters is 2. The average molecular weight is 373 g/mol. The van der Waals surface area contributed by atoms with Crippen LogP contribution in [0.25, 0.3) is 6.08 Å². The highest BCUT2D eigenvalue weighted by Gasteiger charge is 2.37. The lowest BCUT2D eigenvalue weighted by molar-refractivity contribution is -0.147. The maximum Gasteiger partial charge on any atom is 0.335 e. The van der Waals surface area contributed by atoms with Gasteiger partial charge in [-0.15, -0.1) is 0 Å². The number of hydrogen-bond acceptors (Lipinski definition) is 4. The Labute approximate surface area is 162 Å². The lowest BCUT2D eigenvalue weighted by Crippen LogP contribution is -2.22. The summed E-state index contributed by atoms with van der Waals surface area (Å²) in [6.45, 7) is 5.08. The van der Waals surface area contributed by atoms with Gasteiger partial charge in [0.05, 0.1) is 18.8 Å². The van der Waals surface area contributed by atoms with Gasteiger partial charge in [-0.1, -0.05) is 76.6 Å². The van der Waals surface area contributed by atoms with Crippen LogP contribution in [0.2, 0.25) is 0 Å². The molecule has 0 bridgehead atoms. The quantitative estimate of drug-likeness (QED) is 0.363. The fourth-order valence-corrected chi connectivity index (χ4v) is 3.32. The largest absolute Gasteiger partial charge is 0.465 e. The van der Waals surface area contributed by atoms with Gasteiger partial charge in [-0.05, 0) is 30.0 Å². The van der Waals surface area contributed by atoms with Crippen LogP contribution in [0.5, 0.6) is 0 Å². The van der Waals surface area contributed by atoms with E-state index in [4.69, 9.17) is 9.47 Å². The zero-order valence-electron chi connectivity index (χ0n) is 16.7. The summed E-state index contributed by atoms with van der Waals surface area (Å²) >= 11 is 0. The number of ether oxygens (including phenoxy) is 2. The number of carbonyl (C=O) groups excluding carboxylic acids is 2. The van der Waals surface area contributed by atoms with Gasteiger partial charge in [0.15, 0.2) is 0 Å². The molecule has 0 aromatic heterocycles. The fourth-order valence-electron chi connectivity index (χ4n) is 3.32. The first-order valence-electron chi connectivity index (χ1n) is 10.3. The Morgan fingerprint density at radius 1 is 0.852 bits per heavy atom. The first-order chi connectivity index (χ1) is 13.2. The topological polar surface area (TPSA) is 52.6 Å². The third-order valence-electron chi connectivity index (χ3n) is 4.87. The van der Waals surface area contributed by atoms with Crippen LogP contribution >= 0.6 is 0 Å². The lowest BCUT2D eigenvalue weighted by Gasteiger charge is -2.15. The van der Waals surface area contributed by atoms with E-state index < -0.39 is 11.9 Å². The van der Waals surface area contributed by atoms with Crippen molar-refractivity contribution in [2.75, 3.05) is 13.2 Å².